The third kappa shape index (κ3) is 3.61. The number of ether oxygens (including phenoxy) is 3. The van der Waals surface area contributed by atoms with Gasteiger partial charge in [-0.15, -0.1) is 0 Å². The second-order valence-electron chi connectivity index (χ2n) is 5.61. The van der Waals surface area contributed by atoms with Crippen LogP contribution < -0.4 is 9.47 Å². The van der Waals surface area contributed by atoms with Gasteiger partial charge in [0.2, 0.25) is 0 Å². The lowest BCUT2D eigenvalue weighted by atomic mass is 10.0. The average Bonchev–Trinajstić information content (AvgIpc) is 2.95. The summed E-state index contributed by atoms with van der Waals surface area (Å²) in [7, 11) is 4.30. The SMILES string of the molecule is COC(=O)CN1C(=O)S/C(=C\c2c(OC)ccc3ccc(OC)cc23)C1=O. The van der Waals surface area contributed by atoms with Crippen LogP contribution in [0.25, 0.3) is 16.8 Å². The monoisotopic (exact) mass is 387 g/mol. The molecule has 8 heteroatoms. The Balaban J connectivity index is 2.08. The molecule has 140 valence electrons. The molecule has 2 aromatic rings. The number of methoxy groups -OCH3 is 3. The Labute approximate surface area is 159 Å². The van der Waals surface area contributed by atoms with Gasteiger partial charge >= 0.3 is 5.97 Å². The summed E-state index contributed by atoms with van der Waals surface area (Å²) in [4.78, 5) is 37.2. The largest absolute Gasteiger partial charge is 0.497 e. The van der Waals surface area contributed by atoms with E-state index in [1.807, 2.05) is 24.3 Å². The summed E-state index contributed by atoms with van der Waals surface area (Å²) in [5.74, 6) is 0.00287. The van der Waals surface area contributed by atoms with Crippen molar-refractivity contribution in [1.82, 2.24) is 4.90 Å². The summed E-state index contributed by atoms with van der Waals surface area (Å²) < 4.78 is 15.2. The zero-order chi connectivity index (χ0) is 19.6. The predicted octanol–water partition coefficient (Wildman–Crippen LogP) is 3.07. The summed E-state index contributed by atoms with van der Waals surface area (Å²) in [6.45, 7) is -0.418. The molecule has 27 heavy (non-hydrogen) atoms. The van der Waals surface area contributed by atoms with E-state index in [4.69, 9.17) is 9.47 Å². The molecular weight excluding hydrogens is 370 g/mol. The van der Waals surface area contributed by atoms with E-state index in [9.17, 15) is 14.4 Å². The van der Waals surface area contributed by atoms with Crippen LogP contribution in [0.5, 0.6) is 11.5 Å². The molecule has 0 N–H and O–H groups in total. The maximum absolute atomic E-state index is 12.6. The van der Waals surface area contributed by atoms with Crippen molar-refractivity contribution in [3.05, 3.63) is 40.8 Å². The molecule has 1 heterocycles. The fourth-order valence-corrected chi connectivity index (χ4v) is 3.54. The highest BCUT2D eigenvalue weighted by atomic mass is 32.2. The number of thioether (sulfide) groups is 1. The fourth-order valence-electron chi connectivity index (χ4n) is 2.72. The number of fused-ring (bicyclic) bond motifs is 1. The minimum atomic E-state index is -0.661. The molecule has 0 aliphatic carbocycles. The minimum absolute atomic E-state index is 0.206. The van der Waals surface area contributed by atoms with E-state index in [0.29, 0.717) is 17.1 Å². The van der Waals surface area contributed by atoms with Crippen LogP contribution in [0.15, 0.2) is 35.2 Å². The maximum atomic E-state index is 12.6. The van der Waals surface area contributed by atoms with Crippen LogP contribution in [0.1, 0.15) is 5.56 Å². The third-order valence-electron chi connectivity index (χ3n) is 4.11. The van der Waals surface area contributed by atoms with Gasteiger partial charge in [0.1, 0.15) is 18.0 Å². The van der Waals surface area contributed by atoms with Crippen molar-refractivity contribution in [1.29, 1.82) is 0 Å². The normalized spacial score (nSPS) is 15.5. The van der Waals surface area contributed by atoms with E-state index >= 15 is 0 Å². The lowest BCUT2D eigenvalue weighted by Gasteiger charge is -2.11. The first-order chi connectivity index (χ1) is 13.0. The molecule has 2 aromatic carbocycles. The topological polar surface area (TPSA) is 82.1 Å². The van der Waals surface area contributed by atoms with Crippen LogP contribution in [-0.2, 0) is 14.3 Å². The van der Waals surface area contributed by atoms with E-state index in [0.717, 1.165) is 27.4 Å². The molecule has 2 amide bonds. The summed E-state index contributed by atoms with van der Waals surface area (Å²) in [5.41, 5.74) is 0.650. The van der Waals surface area contributed by atoms with Gasteiger partial charge in [-0.1, -0.05) is 12.1 Å². The Bertz CT molecular complexity index is 963. The summed E-state index contributed by atoms with van der Waals surface area (Å²) in [6, 6.07) is 9.26. The van der Waals surface area contributed by atoms with Crippen molar-refractivity contribution >= 4 is 45.7 Å². The van der Waals surface area contributed by atoms with Gasteiger partial charge < -0.3 is 14.2 Å². The van der Waals surface area contributed by atoms with Crippen molar-refractivity contribution < 1.29 is 28.6 Å². The van der Waals surface area contributed by atoms with Crippen molar-refractivity contribution in [3.8, 4) is 11.5 Å². The number of benzene rings is 2. The van der Waals surface area contributed by atoms with Crippen molar-refractivity contribution in [2.75, 3.05) is 27.9 Å². The van der Waals surface area contributed by atoms with Crippen molar-refractivity contribution in [2.45, 2.75) is 0 Å². The first-order valence-electron chi connectivity index (χ1n) is 7.95. The molecule has 0 saturated carbocycles. The number of nitrogens with zero attached hydrogens (tertiary/aromatic N) is 1. The van der Waals surface area contributed by atoms with Gasteiger partial charge in [-0.3, -0.25) is 19.3 Å². The molecule has 7 nitrogen and oxygen atoms in total. The first-order valence-corrected chi connectivity index (χ1v) is 8.77. The highest BCUT2D eigenvalue weighted by Crippen LogP contribution is 2.37. The zero-order valence-corrected chi connectivity index (χ0v) is 15.8. The lowest BCUT2D eigenvalue weighted by molar-refractivity contribution is -0.143. The molecule has 1 fully saturated rings. The molecule has 0 atom stereocenters. The molecule has 1 aliphatic heterocycles. The first kappa shape index (κ1) is 18.8. The zero-order valence-electron chi connectivity index (χ0n) is 15.0. The Morgan fingerprint density at radius 2 is 1.85 bits per heavy atom. The highest BCUT2D eigenvalue weighted by Gasteiger charge is 2.36. The number of rotatable bonds is 5. The predicted molar refractivity (Wildman–Crippen MR) is 102 cm³/mol. The second-order valence-corrected chi connectivity index (χ2v) is 6.61. The summed E-state index contributed by atoms with van der Waals surface area (Å²) >= 11 is 0.771. The number of carbonyl (C=O) groups excluding carboxylic acids is 3. The second kappa shape index (κ2) is 7.71. The molecule has 0 unspecified atom stereocenters. The molecule has 0 bridgehead atoms. The molecule has 0 aromatic heterocycles. The van der Waals surface area contributed by atoms with Gasteiger partial charge in [0.15, 0.2) is 0 Å². The Hall–Kier alpha value is -3.00. The Morgan fingerprint density at radius 1 is 1.11 bits per heavy atom. The van der Waals surface area contributed by atoms with Gasteiger partial charge in [0.25, 0.3) is 11.1 Å². The van der Waals surface area contributed by atoms with Gasteiger partial charge in [-0.05, 0) is 46.8 Å². The van der Waals surface area contributed by atoms with Gasteiger partial charge in [-0.25, -0.2) is 0 Å². The number of esters is 1. The van der Waals surface area contributed by atoms with E-state index in [1.165, 1.54) is 14.2 Å². The van der Waals surface area contributed by atoms with Gasteiger partial charge in [-0.2, -0.15) is 0 Å². The number of carbonyl (C=O) groups is 3. The van der Waals surface area contributed by atoms with E-state index < -0.39 is 23.7 Å². The Morgan fingerprint density at radius 3 is 2.52 bits per heavy atom. The van der Waals surface area contributed by atoms with E-state index in [-0.39, 0.29) is 4.91 Å². The molecule has 1 saturated heterocycles. The van der Waals surface area contributed by atoms with Gasteiger partial charge in [0.05, 0.1) is 26.2 Å². The van der Waals surface area contributed by atoms with E-state index in [1.54, 1.807) is 19.3 Å². The van der Waals surface area contributed by atoms with Gasteiger partial charge in [0, 0.05) is 5.56 Å². The summed E-state index contributed by atoms with van der Waals surface area (Å²) in [6.07, 6.45) is 1.60. The van der Waals surface area contributed by atoms with Crippen LogP contribution in [0.2, 0.25) is 0 Å². The van der Waals surface area contributed by atoms with Crippen LogP contribution in [0.4, 0.5) is 4.79 Å². The number of hydrogen-bond donors (Lipinski definition) is 0. The van der Waals surface area contributed by atoms with Crippen molar-refractivity contribution in [3.63, 3.8) is 0 Å². The molecule has 0 spiro atoms. The number of hydrogen-bond acceptors (Lipinski definition) is 7. The Kier molecular flexibility index (Phi) is 5.36. The maximum Gasteiger partial charge on any atom is 0.325 e. The number of amides is 2. The van der Waals surface area contributed by atoms with Crippen LogP contribution >= 0.6 is 11.8 Å². The summed E-state index contributed by atoms with van der Waals surface area (Å²) in [5, 5.41) is 1.22. The molecule has 1 aliphatic rings. The van der Waals surface area contributed by atoms with E-state index in [2.05, 4.69) is 4.74 Å². The standard InChI is InChI=1S/C19H17NO6S/c1-24-12-6-4-11-5-7-15(25-2)14(13(11)8-12)9-16-18(22)20(19(23)27-16)10-17(21)26-3/h4-9H,10H2,1-3H3/b16-9-. The lowest BCUT2D eigenvalue weighted by Crippen LogP contribution is -2.34. The highest BCUT2D eigenvalue weighted by molar-refractivity contribution is 8.18. The van der Waals surface area contributed by atoms with Crippen LogP contribution in [0.3, 0.4) is 0 Å². The minimum Gasteiger partial charge on any atom is -0.497 e. The van der Waals surface area contributed by atoms with Crippen LogP contribution in [0, 0.1) is 0 Å². The fraction of sp³-hybridized carbons (Fsp3) is 0.211. The third-order valence-corrected chi connectivity index (χ3v) is 5.02. The smallest absolute Gasteiger partial charge is 0.325 e. The number of imide groups is 1. The molecule has 0 radical (unpaired) electrons. The van der Waals surface area contributed by atoms with Crippen molar-refractivity contribution in [2.24, 2.45) is 0 Å². The quantitative estimate of drug-likeness (QED) is 0.576. The molecule has 3 rings (SSSR count). The molecular formula is C19H17NO6S. The van der Waals surface area contributed by atoms with Crippen LogP contribution in [-0.4, -0.2) is 49.9 Å². The average molecular weight is 387 g/mol.